The molecule has 1 fully saturated rings. The van der Waals surface area contributed by atoms with Crippen LogP contribution in [0.25, 0.3) is 0 Å². The van der Waals surface area contributed by atoms with Crippen molar-refractivity contribution >= 4 is 35.3 Å². The van der Waals surface area contributed by atoms with Gasteiger partial charge in [-0.3, -0.25) is 0 Å². The highest BCUT2D eigenvalue weighted by molar-refractivity contribution is 8.14. The van der Waals surface area contributed by atoms with E-state index in [0.717, 1.165) is 18.2 Å². The highest BCUT2D eigenvalue weighted by atomic mass is 32.4. The molecule has 0 aromatic rings. The number of hydrogen-bond donors (Lipinski definition) is 1. The SMILES string of the molecule is CC(C)P(=S)(NC(=S)N1CCCC1)C(C)C. The fourth-order valence-corrected chi connectivity index (χ4v) is 5.21. The van der Waals surface area contributed by atoms with Gasteiger partial charge in [-0.2, -0.15) is 0 Å². The predicted molar refractivity (Wildman–Crippen MR) is 81.1 cm³/mol. The monoisotopic (exact) mass is 278 g/mol. The van der Waals surface area contributed by atoms with E-state index in [9.17, 15) is 0 Å². The number of nitrogens with one attached hydrogen (secondary N) is 1. The third-order valence-electron chi connectivity index (χ3n) is 3.20. The van der Waals surface area contributed by atoms with Gasteiger partial charge in [0.15, 0.2) is 5.11 Å². The zero-order chi connectivity index (χ0) is 12.3. The van der Waals surface area contributed by atoms with Gasteiger partial charge in [0.25, 0.3) is 0 Å². The van der Waals surface area contributed by atoms with Crippen molar-refractivity contribution in [3.05, 3.63) is 0 Å². The number of hydrogen-bond acceptors (Lipinski definition) is 2. The van der Waals surface area contributed by atoms with Crippen molar-refractivity contribution in [2.24, 2.45) is 0 Å². The molecular weight excluding hydrogens is 255 g/mol. The fourth-order valence-electron chi connectivity index (χ4n) is 1.99. The van der Waals surface area contributed by atoms with Gasteiger partial charge in [-0.15, -0.1) is 0 Å². The highest BCUT2D eigenvalue weighted by Crippen LogP contribution is 2.51. The zero-order valence-electron chi connectivity index (χ0n) is 10.7. The molecule has 16 heavy (non-hydrogen) atoms. The summed E-state index contributed by atoms with van der Waals surface area (Å²) < 4.78 is 0. The Labute approximate surface area is 110 Å². The Morgan fingerprint density at radius 3 is 1.94 bits per heavy atom. The molecule has 0 spiro atoms. The van der Waals surface area contributed by atoms with Gasteiger partial charge < -0.3 is 9.99 Å². The number of likely N-dealkylation sites (tertiary alicyclic amines) is 1. The van der Waals surface area contributed by atoms with Crippen LogP contribution >= 0.6 is 18.4 Å². The van der Waals surface area contributed by atoms with Crippen LogP contribution in [0, 0.1) is 0 Å². The van der Waals surface area contributed by atoms with Gasteiger partial charge in [0, 0.05) is 19.3 Å². The Morgan fingerprint density at radius 1 is 1.12 bits per heavy atom. The van der Waals surface area contributed by atoms with Gasteiger partial charge in [0.2, 0.25) is 0 Å². The first-order chi connectivity index (χ1) is 7.38. The van der Waals surface area contributed by atoms with Crippen LogP contribution in [-0.2, 0) is 11.8 Å². The molecule has 1 rings (SSSR count). The summed E-state index contributed by atoms with van der Waals surface area (Å²) in [6.45, 7) is 11.0. The lowest BCUT2D eigenvalue weighted by atomic mass is 10.4. The van der Waals surface area contributed by atoms with Crippen LogP contribution < -0.4 is 5.09 Å². The Balaban J connectivity index is 2.69. The second-order valence-electron chi connectivity index (χ2n) is 5.01. The molecule has 1 aliphatic rings. The van der Waals surface area contributed by atoms with Crippen LogP contribution in [0.1, 0.15) is 40.5 Å². The van der Waals surface area contributed by atoms with Crippen LogP contribution in [-0.4, -0.2) is 34.4 Å². The third kappa shape index (κ3) is 3.18. The molecule has 0 radical (unpaired) electrons. The first-order valence-electron chi connectivity index (χ1n) is 6.04. The van der Waals surface area contributed by atoms with Crippen molar-refractivity contribution < 1.29 is 0 Å². The van der Waals surface area contributed by atoms with Gasteiger partial charge in [-0.25, -0.2) is 0 Å². The third-order valence-corrected chi connectivity index (χ3v) is 10.1. The van der Waals surface area contributed by atoms with E-state index in [2.05, 4.69) is 37.7 Å². The second-order valence-corrected chi connectivity index (χ2v) is 10.9. The molecule has 1 aliphatic heterocycles. The highest BCUT2D eigenvalue weighted by Gasteiger charge is 2.28. The lowest BCUT2D eigenvalue weighted by Crippen LogP contribution is -2.38. The second kappa shape index (κ2) is 5.79. The smallest absolute Gasteiger partial charge is 0.172 e. The van der Waals surface area contributed by atoms with E-state index in [0.29, 0.717) is 11.3 Å². The van der Waals surface area contributed by atoms with E-state index in [1.807, 2.05) is 0 Å². The molecule has 0 atom stereocenters. The van der Waals surface area contributed by atoms with Crippen LogP contribution in [0.2, 0.25) is 0 Å². The van der Waals surface area contributed by atoms with Gasteiger partial charge in [0.1, 0.15) is 0 Å². The molecule has 0 aromatic heterocycles. The predicted octanol–water partition coefficient (Wildman–Crippen LogP) is 3.17. The molecular formula is C11H23N2PS2. The summed E-state index contributed by atoms with van der Waals surface area (Å²) in [6, 6.07) is 0. The molecule has 0 amide bonds. The van der Waals surface area contributed by atoms with E-state index < -0.39 is 6.19 Å². The van der Waals surface area contributed by atoms with E-state index in [-0.39, 0.29) is 0 Å². The van der Waals surface area contributed by atoms with Crippen molar-refractivity contribution in [1.82, 2.24) is 9.99 Å². The summed E-state index contributed by atoms with van der Waals surface area (Å²) in [4.78, 5) is 2.27. The Kier molecular flexibility index (Phi) is 5.21. The summed E-state index contributed by atoms with van der Waals surface area (Å²) in [5.41, 5.74) is 1.01. The molecule has 2 nitrogen and oxygen atoms in total. The maximum absolute atomic E-state index is 5.85. The quantitative estimate of drug-likeness (QED) is 0.630. The minimum absolute atomic E-state index is 0.503. The molecule has 0 aromatic carbocycles. The first kappa shape index (κ1) is 14.4. The van der Waals surface area contributed by atoms with E-state index in [4.69, 9.17) is 24.0 Å². The van der Waals surface area contributed by atoms with Gasteiger partial charge in [-0.1, -0.05) is 39.5 Å². The van der Waals surface area contributed by atoms with Crippen LogP contribution in [0.15, 0.2) is 0 Å². The average molecular weight is 278 g/mol. The zero-order valence-corrected chi connectivity index (χ0v) is 13.2. The number of nitrogens with zero attached hydrogens (tertiary/aromatic N) is 1. The molecule has 0 bridgehead atoms. The van der Waals surface area contributed by atoms with Crippen molar-refractivity contribution in [3.8, 4) is 0 Å². The molecule has 94 valence electrons. The van der Waals surface area contributed by atoms with Gasteiger partial charge in [-0.05, 0) is 36.4 Å². The fraction of sp³-hybridized carbons (Fsp3) is 0.909. The summed E-state index contributed by atoms with van der Waals surface area (Å²) in [6.07, 6.45) is 0.945. The van der Waals surface area contributed by atoms with Crippen LogP contribution in [0.4, 0.5) is 0 Å². The van der Waals surface area contributed by atoms with Crippen molar-refractivity contribution in [3.63, 3.8) is 0 Å². The lowest BCUT2D eigenvalue weighted by Gasteiger charge is -2.34. The van der Waals surface area contributed by atoms with E-state index in [1.165, 1.54) is 12.8 Å². The Morgan fingerprint density at radius 2 is 1.56 bits per heavy atom. The van der Waals surface area contributed by atoms with E-state index >= 15 is 0 Å². The summed E-state index contributed by atoms with van der Waals surface area (Å²) in [5, 5.41) is 4.41. The Bertz CT molecular complexity index is 284. The largest absolute Gasteiger partial charge is 0.349 e. The molecule has 5 heteroatoms. The van der Waals surface area contributed by atoms with E-state index in [1.54, 1.807) is 0 Å². The molecule has 1 N–H and O–H groups in total. The molecule has 0 unspecified atom stereocenters. The van der Waals surface area contributed by atoms with Crippen molar-refractivity contribution in [2.75, 3.05) is 13.1 Å². The van der Waals surface area contributed by atoms with Crippen molar-refractivity contribution in [2.45, 2.75) is 51.9 Å². The summed E-state index contributed by atoms with van der Waals surface area (Å²) in [7, 11) is 0. The van der Waals surface area contributed by atoms with Crippen LogP contribution in [0.3, 0.4) is 0 Å². The minimum Gasteiger partial charge on any atom is -0.349 e. The first-order valence-corrected chi connectivity index (χ1v) is 9.39. The maximum atomic E-state index is 5.85. The number of thiocarbonyl (C=S) groups is 1. The standard InChI is InChI=1S/C11H23N2PS2/c1-9(2)14(16,10(3)4)12-11(15)13-7-5-6-8-13/h9-10H,5-8H2,1-4H3,(H,12,15,16). The van der Waals surface area contributed by atoms with Gasteiger partial charge in [0.05, 0.1) is 0 Å². The summed E-state index contributed by atoms with van der Waals surface area (Å²) >= 11 is 11.3. The Hall–Kier alpha value is 0.340. The van der Waals surface area contributed by atoms with Gasteiger partial charge >= 0.3 is 0 Å². The molecule has 0 saturated carbocycles. The summed E-state index contributed by atoms with van der Waals surface area (Å²) in [5.74, 6) is 0. The normalized spacial score (nSPS) is 17.2. The lowest BCUT2D eigenvalue weighted by molar-refractivity contribution is 0.519. The van der Waals surface area contributed by atoms with Crippen LogP contribution in [0.5, 0.6) is 0 Å². The van der Waals surface area contributed by atoms with Crippen molar-refractivity contribution in [1.29, 1.82) is 0 Å². The average Bonchev–Trinajstić information content (AvgIpc) is 2.69. The maximum Gasteiger partial charge on any atom is 0.172 e. The molecule has 0 aliphatic carbocycles. The molecule has 1 heterocycles. The number of rotatable bonds is 3. The minimum atomic E-state index is -1.57. The molecule has 1 saturated heterocycles. The topological polar surface area (TPSA) is 15.3 Å².